The molecule has 2 N–H and O–H groups in total. The van der Waals surface area contributed by atoms with E-state index in [1.165, 1.54) is 17.0 Å². The van der Waals surface area contributed by atoms with Gasteiger partial charge in [0, 0.05) is 26.6 Å². The van der Waals surface area contributed by atoms with Gasteiger partial charge in [-0.05, 0) is 24.1 Å². The Bertz CT molecular complexity index is 434. The number of carbonyl (C=O) groups excluding carboxylic acids is 1. The highest BCUT2D eigenvalue weighted by atomic mass is 19.1. The van der Waals surface area contributed by atoms with Crippen molar-refractivity contribution in [1.82, 2.24) is 10.2 Å². The molecular formula is C13H17FN2O3. The smallest absolute Gasteiger partial charge is 0.317 e. The summed E-state index contributed by atoms with van der Waals surface area (Å²) in [4.78, 5) is 23.4. The Morgan fingerprint density at radius 2 is 1.95 bits per heavy atom. The molecule has 104 valence electrons. The maximum atomic E-state index is 12.7. The minimum atomic E-state index is -0.881. The number of hydrogen-bond acceptors (Lipinski definition) is 2. The molecule has 0 aliphatic heterocycles. The van der Waals surface area contributed by atoms with Crippen LogP contribution in [0.15, 0.2) is 24.3 Å². The Morgan fingerprint density at radius 3 is 2.53 bits per heavy atom. The molecule has 1 rings (SSSR count). The first-order valence-corrected chi connectivity index (χ1v) is 5.94. The van der Waals surface area contributed by atoms with Crippen molar-refractivity contribution in [2.45, 2.75) is 19.4 Å². The third kappa shape index (κ3) is 5.85. The van der Waals surface area contributed by atoms with Crippen molar-refractivity contribution in [2.75, 3.05) is 13.6 Å². The summed E-state index contributed by atoms with van der Waals surface area (Å²) < 4.78 is 12.7. The normalized spacial score (nSPS) is 10.0. The summed E-state index contributed by atoms with van der Waals surface area (Å²) in [6.45, 7) is 0.684. The number of aliphatic carboxylic acids is 1. The first-order valence-electron chi connectivity index (χ1n) is 5.94. The molecule has 0 aliphatic carbocycles. The van der Waals surface area contributed by atoms with Gasteiger partial charge in [0.25, 0.3) is 0 Å². The van der Waals surface area contributed by atoms with E-state index in [1.54, 1.807) is 19.2 Å². The Balaban J connectivity index is 2.32. The van der Waals surface area contributed by atoms with Crippen molar-refractivity contribution < 1.29 is 19.1 Å². The van der Waals surface area contributed by atoms with Gasteiger partial charge >= 0.3 is 12.0 Å². The zero-order valence-corrected chi connectivity index (χ0v) is 10.7. The third-order valence-corrected chi connectivity index (χ3v) is 2.52. The van der Waals surface area contributed by atoms with Gasteiger partial charge in [-0.25, -0.2) is 9.18 Å². The zero-order valence-electron chi connectivity index (χ0n) is 10.7. The molecule has 0 aromatic heterocycles. The number of urea groups is 1. The number of amides is 2. The van der Waals surface area contributed by atoms with E-state index in [0.717, 1.165) is 5.56 Å². The van der Waals surface area contributed by atoms with E-state index in [0.29, 0.717) is 19.5 Å². The van der Waals surface area contributed by atoms with E-state index in [2.05, 4.69) is 5.32 Å². The predicted octanol–water partition coefficient (Wildman–Crippen LogP) is 1.83. The summed E-state index contributed by atoms with van der Waals surface area (Å²) >= 11 is 0. The molecule has 0 bridgehead atoms. The molecule has 2 amide bonds. The lowest BCUT2D eigenvalue weighted by molar-refractivity contribution is -0.137. The standard InChI is InChI=1S/C13H17FN2O3/c1-16(9-10-4-6-11(14)7-5-10)13(19)15-8-2-3-12(17)18/h4-7H,2-3,8-9H2,1H3,(H,15,19)(H,17,18). The second kappa shape index (κ2) is 7.35. The van der Waals surface area contributed by atoms with Gasteiger partial charge in [-0.1, -0.05) is 12.1 Å². The summed E-state index contributed by atoms with van der Waals surface area (Å²) in [6, 6.07) is 5.63. The van der Waals surface area contributed by atoms with Crippen LogP contribution in [0.2, 0.25) is 0 Å². The molecule has 0 heterocycles. The van der Waals surface area contributed by atoms with E-state index >= 15 is 0 Å². The number of rotatable bonds is 6. The number of hydrogen-bond donors (Lipinski definition) is 2. The molecule has 0 radical (unpaired) electrons. The van der Waals surface area contributed by atoms with Crippen LogP contribution in [0.3, 0.4) is 0 Å². The lowest BCUT2D eigenvalue weighted by Gasteiger charge is -2.17. The average molecular weight is 268 g/mol. The minimum Gasteiger partial charge on any atom is -0.481 e. The lowest BCUT2D eigenvalue weighted by Crippen LogP contribution is -2.37. The molecule has 0 unspecified atom stereocenters. The Morgan fingerprint density at radius 1 is 1.32 bits per heavy atom. The fourth-order valence-electron chi connectivity index (χ4n) is 1.51. The van der Waals surface area contributed by atoms with Crippen LogP contribution >= 0.6 is 0 Å². The summed E-state index contributed by atoms with van der Waals surface area (Å²) in [6.07, 6.45) is 0.424. The van der Waals surface area contributed by atoms with Crippen LogP contribution in [-0.2, 0) is 11.3 Å². The highest BCUT2D eigenvalue weighted by Gasteiger charge is 2.08. The summed E-state index contributed by atoms with van der Waals surface area (Å²) in [7, 11) is 1.62. The maximum Gasteiger partial charge on any atom is 0.317 e. The molecule has 0 saturated heterocycles. The Kier molecular flexibility index (Phi) is 5.78. The van der Waals surface area contributed by atoms with Crippen LogP contribution in [0, 0.1) is 5.82 Å². The molecule has 0 atom stereocenters. The van der Waals surface area contributed by atoms with Gasteiger partial charge in [-0.15, -0.1) is 0 Å². The number of carboxylic acid groups (broad SMARTS) is 1. The fourth-order valence-corrected chi connectivity index (χ4v) is 1.51. The van der Waals surface area contributed by atoms with Gasteiger partial charge in [0.1, 0.15) is 5.82 Å². The molecule has 0 spiro atoms. The largest absolute Gasteiger partial charge is 0.481 e. The SMILES string of the molecule is CN(Cc1ccc(F)cc1)C(=O)NCCCC(=O)O. The van der Waals surface area contributed by atoms with E-state index in [9.17, 15) is 14.0 Å². The van der Waals surface area contributed by atoms with Crippen molar-refractivity contribution >= 4 is 12.0 Å². The topological polar surface area (TPSA) is 69.6 Å². The van der Waals surface area contributed by atoms with E-state index < -0.39 is 5.97 Å². The molecule has 0 saturated carbocycles. The maximum absolute atomic E-state index is 12.7. The highest BCUT2D eigenvalue weighted by molar-refractivity contribution is 5.74. The van der Waals surface area contributed by atoms with Gasteiger partial charge < -0.3 is 15.3 Å². The van der Waals surface area contributed by atoms with Crippen molar-refractivity contribution in [2.24, 2.45) is 0 Å². The van der Waals surface area contributed by atoms with Crippen molar-refractivity contribution in [3.63, 3.8) is 0 Å². The molecule has 1 aromatic carbocycles. The molecule has 1 aromatic rings. The first-order chi connectivity index (χ1) is 8.99. The van der Waals surface area contributed by atoms with E-state index in [-0.39, 0.29) is 18.3 Å². The number of nitrogens with one attached hydrogen (secondary N) is 1. The van der Waals surface area contributed by atoms with Crippen LogP contribution < -0.4 is 5.32 Å². The number of carbonyl (C=O) groups is 2. The molecule has 6 heteroatoms. The monoisotopic (exact) mass is 268 g/mol. The van der Waals surface area contributed by atoms with Gasteiger partial charge in [-0.3, -0.25) is 4.79 Å². The van der Waals surface area contributed by atoms with Crippen LogP contribution in [0.1, 0.15) is 18.4 Å². The molecular weight excluding hydrogens is 251 g/mol. The Labute approximate surface area is 111 Å². The summed E-state index contributed by atoms with van der Waals surface area (Å²) in [5.74, 6) is -1.20. The van der Waals surface area contributed by atoms with Gasteiger partial charge in [0.2, 0.25) is 0 Å². The second-order valence-electron chi connectivity index (χ2n) is 4.21. The minimum absolute atomic E-state index is 0.0297. The second-order valence-corrected chi connectivity index (χ2v) is 4.21. The van der Waals surface area contributed by atoms with Crippen LogP contribution in [0.4, 0.5) is 9.18 Å². The van der Waals surface area contributed by atoms with E-state index in [1.807, 2.05) is 0 Å². The van der Waals surface area contributed by atoms with Crippen LogP contribution in [0.5, 0.6) is 0 Å². The summed E-state index contributed by atoms with van der Waals surface area (Å²) in [5, 5.41) is 11.1. The van der Waals surface area contributed by atoms with Crippen molar-refractivity contribution in [3.05, 3.63) is 35.6 Å². The van der Waals surface area contributed by atoms with Crippen LogP contribution in [-0.4, -0.2) is 35.6 Å². The van der Waals surface area contributed by atoms with Crippen LogP contribution in [0.25, 0.3) is 0 Å². The number of carboxylic acids is 1. The zero-order chi connectivity index (χ0) is 14.3. The highest BCUT2D eigenvalue weighted by Crippen LogP contribution is 2.05. The quantitative estimate of drug-likeness (QED) is 0.773. The van der Waals surface area contributed by atoms with Gasteiger partial charge in [-0.2, -0.15) is 0 Å². The molecule has 19 heavy (non-hydrogen) atoms. The van der Waals surface area contributed by atoms with Gasteiger partial charge in [0.05, 0.1) is 0 Å². The number of benzene rings is 1. The third-order valence-electron chi connectivity index (χ3n) is 2.52. The predicted molar refractivity (Wildman–Crippen MR) is 68.1 cm³/mol. The van der Waals surface area contributed by atoms with Gasteiger partial charge in [0.15, 0.2) is 0 Å². The Hall–Kier alpha value is -2.11. The number of halogens is 1. The average Bonchev–Trinajstić information content (AvgIpc) is 2.36. The first kappa shape index (κ1) is 14.9. The summed E-state index contributed by atoms with van der Waals surface area (Å²) in [5.41, 5.74) is 0.824. The molecule has 0 fully saturated rings. The fraction of sp³-hybridized carbons (Fsp3) is 0.385. The molecule has 0 aliphatic rings. The molecule has 5 nitrogen and oxygen atoms in total. The van der Waals surface area contributed by atoms with Crippen molar-refractivity contribution in [1.29, 1.82) is 0 Å². The van der Waals surface area contributed by atoms with E-state index in [4.69, 9.17) is 5.11 Å². The number of nitrogens with zero attached hydrogens (tertiary/aromatic N) is 1. The lowest BCUT2D eigenvalue weighted by atomic mass is 10.2. The van der Waals surface area contributed by atoms with Crippen molar-refractivity contribution in [3.8, 4) is 0 Å².